The molecule has 4 heteroatoms. The fourth-order valence-corrected chi connectivity index (χ4v) is 3.24. The van der Waals surface area contributed by atoms with Crippen LogP contribution in [0.15, 0.2) is 72.8 Å². The molecule has 1 N–H and O–H groups in total. The molecule has 1 amide bonds. The second kappa shape index (κ2) is 9.78. The summed E-state index contributed by atoms with van der Waals surface area (Å²) in [5.41, 5.74) is 3.28. The van der Waals surface area contributed by atoms with Crippen LogP contribution in [0.25, 0.3) is 0 Å². The van der Waals surface area contributed by atoms with E-state index in [4.69, 9.17) is 4.74 Å². The predicted molar refractivity (Wildman–Crippen MR) is 117 cm³/mol. The maximum atomic E-state index is 13.4. The SMILES string of the molecule is CCCCCc1ccc(C(=O)N(c2ccc(O)cc2)c2ccc(OC)cc2)cc1. The Bertz CT molecular complexity index is 916. The van der Waals surface area contributed by atoms with Crippen LogP contribution in [0.4, 0.5) is 11.4 Å². The van der Waals surface area contributed by atoms with Gasteiger partial charge in [0, 0.05) is 16.9 Å². The van der Waals surface area contributed by atoms with E-state index in [-0.39, 0.29) is 11.7 Å². The Morgan fingerprint density at radius 3 is 2.00 bits per heavy atom. The molecule has 3 aromatic rings. The quantitative estimate of drug-likeness (QED) is 0.473. The van der Waals surface area contributed by atoms with Gasteiger partial charge in [-0.2, -0.15) is 0 Å². The van der Waals surface area contributed by atoms with Crippen molar-refractivity contribution in [3.63, 3.8) is 0 Å². The van der Waals surface area contributed by atoms with E-state index in [0.717, 1.165) is 24.3 Å². The molecule has 3 aromatic carbocycles. The predicted octanol–water partition coefficient (Wildman–Crippen LogP) is 6.11. The fourth-order valence-electron chi connectivity index (χ4n) is 3.24. The number of hydrogen-bond acceptors (Lipinski definition) is 3. The Hall–Kier alpha value is -3.27. The number of unbranched alkanes of at least 4 members (excludes halogenated alkanes) is 2. The van der Waals surface area contributed by atoms with E-state index in [9.17, 15) is 9.90 Å². The molecule has 0 radical (unpaired) electrons. The standard InChI is InChI=1S/C25H27NO3/c1-3-4-5-6-19-7-9-20(10-8-19)25(28)26(21-11-15-23(27)16-12-21)22-13-17-24(29-2)18-14-22/h7-18,27H,3-6H2,1-2H3. The number of hydrogen-bond donors (Lipinski definition) is 1. The van der Waals surface area contributed by atoms with E-state index in [1.807, 2.05) is 48.5 Å². The van der Waals surface area contributed by atoms with Gasteiger partial charge in [-0.05, 0) is 79.1 Å². The molecule has 0 bridgehead atoms. The monoisotopic (exact) mass is 389 g/mol. The zero-order valence-electron chi connectivity index (χ0n) is 17.0. The number of rotatable bonds is 8. The zero-order chi connectivity index (χ0) is 20.6. The summed E-state index contributed by atoms with van der Waals surface area (Å²) < 4.78 is 5.23. The second-order valence-electron chi connectivity index (χ2n) is 7.01. The van der Waals surface area contributed by atoms with Gasteiger partial charge < -0.3 is 9.84 Å². The number of methoxy groups -OCH3 is 1. The molecule has 0 atom stereocenters. The van der Waals surface area contributed by atoms with E-state index in [1.54, 1.807) is 36.3 Å². The number of benzene rings is 3. The maximum Gasteiger partial charge on any atom is 0.262 e. The highest BCUT2D eigenvalue weighted by Crippen LogP contribution is 2.30. The second-order valence-corrected chi connectivity index (χ2v) is 7.01. The molecule has 0 aliphatic carbocycles. The molecule has 150 valence electrons. The van der Waals surface area contributed by atoms with Crippen molar-refractivity contribution in [1.29, 1.82) is 0 Å². The number of carbonyl (C=O) groups excluding carboxylic acids is 1. The van der Waals surface area contributed by atoms with Crippen LogP contribution in [0.2, 0.25) is 0 Å². The van der Waals surface area contributed by atoms with Crippen LogP contribution in [-0.4, -0.2) is 18.1 Å². The van der Waals surface area contributed by atoms with Gasteiger partial charge in [0.05, 0.1) is 7.11 Å². The molecule has 0 unspecified atom stereocenters. The Labute approximate surface area is 172 Å². The van der Waals surface area contributed by atoms with Gasteiger partial charge in [0.25, 0.3) is 5.91 Å². The number of ether oxygens (including phenoxy) is 1. The minimum absolute atomic E-state index is 0.124. The summed E-state index contributed by atoms with van der Waals surface area (Å²) in [6.45, 7) is 2.19. The van der Waals surface area contributed by atoms with E-state index in [1.165, 1.54) is 18.4 Å². The van der Waals surface area contributed by atoms with Crippen molar-refractivity contribution in [1.82, 2.24) is 0 Å². The molecule has 0 fully saturated rings. The van der Waals surface area contributed by atoms with E-state index < -0.39 is 0 Å². The first-order valence-corrected chi connectivity index (χ1v) is 9.99. The number of aromatic hydroxyl groups is 1. The summed E-state index contributed by atoms with van der Waals surface area (Å²) in [5.74, 6) is 0.761. The third kappa shape index (κ3) is 5.17. The van der Waals surface area contributed by atoms with E-state index in [0.29, 0.717) is 11.3 Å². The van der Waals surface area contributed by atoms with Gasteiger partial charge in [-0.1, -0.05) is 31.9 Å². The summed E-state index contributed by atoms with van der Waals surface area (Å²) in [7, 11) is 1.61. The molecule has 0 saturated carbocycles. The fraction of sp³-hybridized carbons (Fsp3) is 0.240. The van der Waals surface area contributed by atoms with Crippen LogP contribution in [-0.2, 0) is 6.42 Å². The number of amides is 1. The molecular weight excluding hydrogens is 362 g/mol. The highest BCUT2D eigenvalue weighted by Gasteiger charge is 2.20. The van der Waals surface area contributed by atoms with Gasteiger partial charge in [0.15, 0.2) is 0 Å². The zero-order valence-corrected chi connectivity index (χ0v) is 17.0. The van der Waals surface area contributed by atoms with E-state index >= 15 is 0 Å². The third-order valence-corrected chi connectivity index (χ3v) is 4.91. The molecule has 0 aromatic heterocycles. The van der Waals surface area contributed by atoms with Crippen LogP contribution >= 0.6 is 0 Å². The van der Waals surface area contributed by atoms with Crippen molar-refractivity contribution in [2.45, 2.75) is 32.6 Å². The van der Waals surface area contributed by atoms with Gasteiger partial charge in [-0.3, -0.25) is 9.69 Å². The summed E-state index contributed by atoms with van der Waals surface area (Å²) in [6.07, 6.45) is 4.60. The largest absolute Gasteiger partial charge is 0.508 e. The molecule has 3 rings (SSSR count). The number of anilines is 2. The Morgan fingerprint density at radius 1 is 0.862 bits per heavy atom. The number of aryl methyl sites for hydroxylation is 1. The summed E-state index contributed by atoms with van der Waals surface area (Å²) in [6, 6.07) is 21.8. The van der Waals surface area contributed by atoms with Crippen molar-refractivity contribution < 1.29 is 14.6 Å². The summed E-state index contributed by atoms with van der Waals surface area (Å²) in [4.78, 5) is 15.0. The molecule has 4 nitrogen and oxygen atoms in total. The van der Waals surface area contributed by atoms with Gasteiger partial charge in [0.2, 0.25) is 0 Å². The van der Waals surface area contributed by atoms with Crippen molar-refractivity contribution in [3.05, 3.63) is 83.9 Å². The lowest BCUT2D eigenvalue weighted by Crippen LogP contribution is -2.25. The first-order valence-electron chi connectivity index (χ1n) is 9.99. The summed E-state index contributed by atoms with van der Waals surface area (Å²) in [5, 5.41) is 9.63. The van der Waals surface area contributed by atoms with Crippen molar-refractivity contribution >= 4 is 17.3 Å². The lowest BCUT2D eigenvalue weighted by atomic mass is 10.0. The molecule has 29 heavy (non-hydrogen) atoms. The third-order valence-electron chi connectivity index (χ3n) is 4.91. The molecule has 0 aliphatic heterocycles. The molecule has 0 heterocycles. The number of nitrogens with zero attached hydrogens (tertiary/aromatic N) is 1. The van der Waals surface area contributed by atoms with Crippen LogP contribution in [0.1, 0.15) is 42.1 Å². The van der Waals surface area contributed by atoms with Crippen LogP contribution < -0.4 is 9.64 Å². The first kappa shape index (κ1) is 20.5. The Morgan fingerprint density at radius 2 is 1.45 bits per heavy atom. The van der Waals surface area contributed by atoms with Crippen molar-refractivity contribution in [2.75, 3.05) is 12.0 Å². The normalized spacial score (nSPS) is 10.6. The lowest BCUT2D eigenvalue weighted by Gasteiger charge is -2.23. The lowest BCUT2D eigenvalue weighted by molar-refractivity contribution is 0.0999. The van der Waals surface area contributed by atoms with Crippen molar-refractivity contribution in [2.24, 2.45) is 0 Å². The number of carbonyl (C=O) groups is 1. The van der Waals surface area contributed by atoms with Gasteiger partial charge in [-0.25, -0.2) is 0 Å². The topological polar surface area (TPSA) is 49.8 Å². The molecule has 0 spiro atoms. The van der Waals surface area contributed by atoms with Crippen molar-refractivity contribution in [3.8, 4) is 11.5 Å². The minimum atomic E-state index is -0.124. The van der Waals surface area contributed by atoms with Gasteiger partial charge in [0.1, 0.15) is 11.5 Å². The molecule has 0 aliphatic rings. The van der Waals surface area contributed by atoms with Gasteiger partial charge in [-0.15, -0.1) is 0 Å². The summed E-state index contributed by atoms with van der Waals surface area (Å²) >= 11 is 0. The van der Waals surface area contributed by atoms with Crippen LogP contribution in [0.3, 0.4) is 0 Å². The van der Waals surface area contributed by atoms with E-state index in [2.05, 4.69) is 6.92 Å². The average molecular weight is 389 g/mol. The number of phenols is 1. The number of phenolic OH excluding ortho intramolecular Hbond substituents is 1. The maximum absolute atomic E-state index is 13.4. The van der Waals surface area contributed by atoms with Gasteiger partial charge >= 0.3 is 0 Å². The Balaban J connectivity index is 1.90. The Kier molecular flexibility index (Phi) is 6.90. The molecular formula is C25H27NO3. The minimum Gasteiger partial charge on any atom is -0.508 e. The molecule has 0 saturated heterocycles. The highest BCUT2D eigenvalue weighted by atomic mass is 16.5. The first-order chi connectivity index (χ1) is 14.1. The van der Waals surface area contributed by atoms with Crippen LogP contribution in [0.5, 0.6) is 11.5 Å². The average Bonchev–Trinajstić information content (AvgIpc) is 2.76. The highest BCUT2D eigenvalue weighted by molar-refractivity contribution is 6.10. The van der Waals surface area contributed by atoms with Crippen LogP contribution in [0, 0.1) is 0 Å². The smallest absolute Gasteiger partial charge is 0.262 e.